The Bertz CT molecular complexity index is 817. The number of hydrogen-bond acceptors (Lipinski definition) is 3. The average Bonchev–Trinajstić information content (AvgIpc) is 2.60. The molecule has 0 saturated carbocycles. The molecule has 5 nitrogen and oxygen atoms in total. The summed E-state index contributed by atoms with van der Waals surface area (Å²) < 4.78 is 0. The normalized spacial score (nSPS) is 15.9. The molecule has 5 heteroatoms. The second-order valence-corrected chi connectivity index (χ2v) is 6.61. The SMILES string of the molecule is CCC(=O)N1CCN(Cc2cc3ccc(C)c(C)c3[nH]c2=O)CC1. The molecule has 0 bridgehead atoms. The summed E-state index contributed by atoms with van der Waals surface area (Å²) in [6.45, 7) is 9.74. The maximum atomic E-state index is 12.4. The molecule has 1 saturated heterocycles. The van der Waals surface area contributed by atoms with E-state index in [1.807, 2.05) is 24.8 Å². The molecule has 2 heterocycles. The lowest BCUT2D eigenvalue weighted by Crippen LogP contribution is -2.48. The molecule has 1 aromatic carbocycles. The molecule has 1 aliphatic rings. The lowest BCUT2D eigenvalue weighted by atomic mass is 10.0. The Morgan fingerprint density at radius 3 is 2.54 bits per heavy atom. The van der Waals surface area contributed by atoms with Crippen LogP contribution >= 0.6 is 0 Å². The molecule has 128 valence electrons. The van der Waals surface area contributed by atoms with Crippen molar-refractivity contribution in [3.8, 4) is 0 Å². The standard InChI is InChI=1S/C19H25N3O2/c1-4-17(23)22-9-7-21(8-10-22)12-16-11-15-6-5-13(2)14(3)18(15)20-19(16)24/h5-6,11H,4,7-10,12H2,1-3H3,(H,20,24). The zero-order valence-corrected chi connectivity index (χ0v) is 14.7. The summed E-state index contributed by atoms with van der Waals surface area (Å²) in [7, 11) is 0. The number of aromatic amines is 1. The molecule has 0 atom stereocenters. The number of nitrogens with zero attached hydrogens (tertiary/aromatic N) is 2. The third-order valence-corrected chi connectivity index (χ3v) is 5.05. The van der Waals surface area contributed by atoms with Crippen molar-refractivity contribution in [3.05, 3.63) is 45.2 Å². The molecule has 0 unspecified atom stereocenters. The van der Waals surface area contributed by atoms with E-state index in [1.165, 1.54) is 5.56 Å². The first-order chi connectivity index (χ1) is 11.5. The van der Waals surface area contributed by atoms with E-state index in [1.54, 1.807) is 0 Å². The molecule has 3 rings (SSSR count). The molecule has 0 spiro atoms. The number of carbonyl (C=O) groups is 1. The molecule has 0 radical (unpaired) electrons. The fraction of sp³-hybridized carbons (Fsp3) is 0.474. The van der Waals surface area contributed by atoms with Crippen LogP contribution in [0.15, 0.2) is 23.0 Å². The highest BCUT2D eigenvalue weighted by Gasteiger charge is 2.20. The van der Waals surface area contributed by atoms with Crippen LogP contribution in [-0.4, -0.2) is 46.9 Å². The van der Waals surface area contributed by atoms with Gasteiger partial charge in [0.05, 0.1) is 5.52 Å². The number of aryl methyl sites for hydroxylation is 2. The molecule has 2 aromatic rings. The van der Waals surface area contributed by atoms with Crippen LogP contribution in [0.5, 0.6) is 0 Å². The Balaban J connectivity index is 1.77. The van der Waals surface area contributed by atoms with E-state index >= 15 is 0 Å². The molecular formula is C19H25N3O2. The third-order valence-electron chi connectivity index (χ3n) is 5.05. The van der Waals surface area contributed by atoms with E-state index in [0.29, 0.717) is 13.0 Å². The van der Waals surface area contributed by atoms with Gasteiger partial charge >= 0.3 is 0 Å². The van der Waals surface area contributed by atoms with Gasteiger partial charge in [-0.15, -0.1) is 0 Å². The van der Waals surface area contributed by atoms with Crippen LogP contribution in [0, 0.1) is 13.8 Å². The maximum Gasteiger partial charge on any atom is 0.252 e. The van der Waals surface area contributed by atoms with Gasteiger partial charge in [-0.1, -0.05) is 19.1 Å². The number of nitrogens with one attached hydrogen (secondary N) is 1. The summed E-state index contributed by atoms with van der Waals surface area (Å²) in [4.78, 5) is 31.4. The minimum Gasteiger partial charge on any atom is -0.340 e. The van der Waals surface area contributed by atoms with Crippen molar-refractivity contribution < 1.29 is 4.79 Å². The van der Waals surface area contributed by atoms with Crippen LogP contribution < -0.4 is 5.56 Å². The second kappa shape index (κ2) is 6.77. The maximum absolute atomic E-state index is 12.4. The van der Waals surface area contributed by atoms with Gasteiger partial charge in [0.25, 0.3) is 5.56 Å². The van der Waals surface area contributed by atoms with Crippen LogP contribution in [0.25, 0.3) is 10.9 Å². The first kappa shape index (κ1) is 16.7. The predicted molar refractivity (Wildman–Crippen MR) is 96.2 cm³/mol. The quantitative estimate of drug-likeness (QED) is 0.940. The fourth-order valence-electron chi connectivity index (χ4n) is 3.31. The van der Waals surface area contributed by atoms with E-state index in [0.717, 1.165) is 48.2 Å². The fourth-order valence-corrected chi connectivity index (χ4v) is 3.31. The molecule has 1 aromatic heterocycles. The molecule has 1 amide bonds. The Morgan fingerprint density at radius 2 is 1.88 bits per heavy atom. The molecule has 0 aliphatic carbocycles. The Kier molecular flexibility index (Phi) is 4.71. The first-order valence-electron chi connectivity index (χ1n) is 8.62. The van der Waals surface area contributed by atoms with Crippen molar-refractivity contribution in [1.29, 1.82) is 0 Å². The van der Waals surface area contributed by atoms with Crippen LogP contribution in [-0.2, 0) is 11.3 Å². The lowest BCUT2D eigenvalue weighted by Gasteiger charge is -2.34. The van der Waals surface area contributed by atoms with Crippen LogP contribution in [0.1, 0.15) is 30.0 Å². The third kappa shape index (κ3) is 3.22. The van der Waals surface area contributed by atoms with Crippen LogP contribution in [0.3, 0.4) is 0 Å². The number of piperazine rings is 1. The zero-order chi connectivity index (χ0) is 17.3. The number of amides is 1. The summed E-state index contributed by atoms with van der Waals surface area (Å²) >= 11 is 0. The van der Waals surface area contributed by atoms with E-state index in [4.69, 9.17) is 0 Å². The van der Waals surface area contributed by atoms with Crippen LogP contribution in [0.4, 0.5) is 0 Å². The minimum atomic E-state index is -0.0109. The number of fused-ring (bicyclic) bond motifs is 1. The number of rotatable bonds is 3. The van der Waals surface area contributed by atoms with Crippen LogP contribution in [0.2, 0.25) is 0 Å². The monoisotopic (exact) mass is 327 g/mol. The summed E-state index contributed by atoms with van der Waals surface area (Å²) in [6.07, 6.45) is 0.559. The van der Waals surface area contributed by atoms with Crippen molar-refractivity contribution in [2.45, 2.75) is 33.7 Å². The molecule has 24 heavy (non-hydrogen) atoms. The lowest BCUT2D eigenvalue weighted by molar-refractivity contribution is -0.132. The van der Waals surface area contributed by atoms with Crippen molar-refractivity contribution in [1.82, 2.24) is 14.8 Å². The van der Waals surface area contributed by atoms with Gasteiger partial charge < -0.3 is 9.88 Å². The van der Waals surface area contributed by atoms with E-state index in [9.17, 15) is 9.59 Å². The number of pyridine rings is 1. The van der Waals surface area contributed by atoms with Gasteiger partial charge in [-0.25, -0.2) is 0 Å². The Hall–Kier alpha value is -2.14. The van der Waals surface area contributed by atoms with Gasteiger partial charge in [-0.3, -0.25) is 14.5 Å². The summed E-state index contributed by atoms with van der Waals surface area (Å²) in [5, 5.41) is 1.08. The number of hydrogen-bond donors (Lipinski definition) is 1. The molecule has 1 aliphatic heterocycles. The minimum absolute atomic E-state index is 0.0109. The van der Waals surface area contributed by atoms with E-state index in [2.05, 4.69) is 28.9 Å². The largest absolute Gasteiger partial charge is 0.340 e. The first-order valence-corrected chi connectivity index (χ1v) is 8.62. The smallest absolute Gasteiger partial charge is 0.252 e. The number of benzene rings is 1. The van der Waals surface area contributed by atoms with Gasteiger partial charge in [-0.05, 0) is 36.4 Å². The Morgan fingerprint density at radius 1 is 1.17 bits per heavy atom. The zero-order valence-electron chi connectivity index (χ0n) is 14.7. The highest BCUT2D eigenvalue weighted by molar-refractivity contribution is 5.83. The number of carbonyl (C=O) groups excluding carboxylic acids is 1. The van der Waals surface area contributed by atoms with E-state index < -0.39 is 0 Å². The molecule has 1 fully saturated rings. The predicted octanol–water partition coefficient (Wildman–Crippen LogP) is 2.20. The second-order valence-electron chi connectivity index (χ2n) is 6.61. The van der Waals surface area contributed by atoms with Gasteiger partial charge in [0.2, 0.25) is 5.91 Å². The highest BCUT2D eigenvalue weighted by Crippen LogP contribution is 2.19. The molecular weight excluding hydrogens is 302 g/mol. The molecule has 1 N–H and O–H groups in total. The number of H-pyrrole nitrogens is 1. The summed E-state index contributed by atoms with van der Waals surface area (Å²) in [6, 6.07) is 6.16. The Labute approximate surface area is 142 Å². The van der Waals surface area contributed by atoms with Crippen molar-refractivity contribution in [2.75, 3.05) is 26.2 Å². The average molecular weight is 327 g/mol. The van der Waals surface area contributed by atoms with Crippen molar-refractivity contribution >= 4 is 16.8 Å². The topological polar surface area (TPSA) is 56.4 Å². The number of aromatic nitrogens is 1. The van der Waals surface area contributed by atoms with Gasteiger partial charge in [0, 0.05) is 44.7 Å². The van der Waals surface area contributed by atoms with Crippen molar-refractivity contribution in [3.63, 3.8) is 0 Å². The van der Waals surface area contributed by atoms with Gasteiger partial charge in [0.1, 0.15) is 0 Å². The van der Waals surface area contributed by atoms with E-state index in [-0.39, 0.29) is 11.5 Å². The van der Waals surface area contributed by atoms with Crippen molar-refractivity contribution in [2.24, 2.45) is 0 Å². The highest BCUT2D eigenvalue weighted by atomic mass is 16.2. The summed E-state index contributed by atoms with van der Waals surface area (Å²) in [5.74, 6) is 0.212. The van der Waals surface area contributed by atoms with Gasteiger partial charge in [-0.2, -0.15) is 0 Å². The van der Waals surface area contributed by atoms with Gasteiger partial charge in [0.15, 0.2) is 0 Å². The summed E-state index contributed by atoms with van der Waals surface area (Å²) in [5.41, 5.74) is 4.02.